The fourth-order valence-corrected chi connectivity index (χ4v) is 1.97. The third kappa shape index (κ3) is 2.76. The molecule has 1 aliphatic heterocycles. The molecule has 2 heterocycles. The van der Waals surface area contributed by atoms with Crippen molar-refractivity contribution in [3.05, 3.63) is 33.1 Å². The predicted molar refractivity (Wildman–Crippen MR) is 57.9 cm³/mol. The molecule has 10 heteroatoms. The minimum Gasteiger partial charge on any atom is -0.390 e. The Kier molecular flexibility index (Phi) is 3.71. The summed E-state index contributed by atoms with van der Waals surface area (Å²) in [5.74, 6) is 0. The lowest BCUT2D eigenvalue weighted by Gasteiger charge is -2.23. The van der Waals surface area contributed by atoms with Crippen LogP contribution in [0.2, 0.25) is 0 Å². The molecule has 0 radical (unpaired) electrons. The zero-order valence-corrected chi connectivity index (χ0v) is 9.87. The summed E-state index contributed by atoms with van der Waals surface area (Å²) in [5, 5.41) is 18.6. The number of aliphatic hydroxyl groups excluding tert-OH is 2. The lowest BCUT2D eigenvalue weighted by Crippen LogP contribution is -2.44. The van der Waals surface area contributed by atoms with E-state index in [0.717, 1.165) is 16.8 Å². The Hall–Kier alpha value is -1.65. The maximum Gasteiger partial charge on any atom is 0.417 e. The average Bonchev–Trinajstić information content (AvgIpc) is 2.68. The standard InChI is InChI=1S/C10H11F3N2O5/c11-10(12,13)8(18)7-4(16)3-6(20-7)15-2-1-5(17)14-9(15)19/h1-2,4,6-8,16,18H,3H2,(H,14,17,19)/t4-,6+,7-,8?/m0/s1. The summed E-state index contributed by atoms with van der Waals surface area (Å²) < 4.78 is 42.9. The number of nitrogens with one attached hydrogen (secondary N) is 1. The lowest BCUT2D eigenvalue weighted by atomic mass is 10.1. The van der Waals surface area contributed by atoms with Gasteiger partial charge in [-0.05, 0) is 0 Å². The van der Waals surface area contributed by atoms with Crippen LogP contribution in [0.4, 0.5) is 13.2 Å². The quantitative estimate of drug-likeness (QED) is 0.656. The third-order valence-corrected chi connectivity index (χ3v) is 2.94. The van der Waals surface area contributed by atoms with Gasteiger partial charge in [-0.2, -0.15) is 13.2 Å². The molecular formula is C10H11F3N2O5. The molecule has 4 atom stereocenters. The van der Waals surface area contributed by atoms with Crippen LogP contribution >= 0.6 is 0 Å². The van der Waals surface area contributed by atoms with Gasteiger partial charge in [0.15, 0.2) is 6.10 Å². The lowest BCUT2D eigenvalue weighted by molar-refractivity contribution is -0.244. The van der Waals surface area contributed by atoms with E-state index < -0.39 is 42.0 Å². The van der Waals surface area contributed by atoms with E-state index in [1.165, 1.54) is 0 Å². The van der Waals surface area contributed by atoms with Crippen LogP contribution < -0.4 is 11.2 Å². The van der Waals surface area contributed by atoms with Crippen molar-refractivity contribution in [2.45, 2.75) is 37.1 Å². The van der Waals surface area contributed by atoms with Crippen molar-refractivity contribution in [2.24, 2.45) is 0 Å². The molecule has 0 spiro atoms. The highest BCUT2D eigenvalue weighted by Crippen LogP contribution is 2.34. The van der Waals surface area contributed by atoms with Crippen molar-refractivity contribution in [1.82, 2.24) is 9.55 Å². The van der Waals surface area contributed by atoms with E-state index in [1.807, 2.05) is 4.98 Å². The topological polar surface area (TPSA) is 105 Å². The summed E-state index contributed by atoms with van der Waals surface area (Å²) in [6, 6.07) is 0.991. The molecule has 20 heavy (non-hydrogen) atoms. The van der Waals surface area contributed by atoms with E-state index in [0.29, 0.717) is 0 Å². The monoisotopic (exact) mass is 296 g/mol. The van der Waals surface area contributed by atoms with Crippen molar-refractivity contribution in [1.29, 1.82) is 0 Å². The van der Waals surface area contributed by atoms with E-state index in [2.05, 4.69) is 0 Å². The number of hydrogen-bond donors (Lipinski definition) is 3. The molecule has 1 saturated heterocycles. The van der Waals surface area contributed by atoms with Crippen molar-refractivity contribution in [3.8, 4) is 0 Å². The zero-order chi connectivity index (χ0) is 15.1. The summed E-state index contributed by atoms with van der Waals surface area (Å²) in [6.07, 6.45) is -11.8. The summed E-state index contributed by atoms with van der Waals surface area (Å²) >= 11 is 0. The molecule has 3 N–H and O–H groups in total. The Morgan fingerprint density at radius 3 is 2.65 bits per heavy atom. The molecule has 2 rings (SSSR count). The maximum atomic E-state index is 12.4. The van der Waals surface area contributed by atoms with Gasteiger partial charge < -0.3 is 14.9 Å². The minimum absolute atomic E-state index is 0.316. The first-order valence-electron chi connectivity index (χ1n) is 5.60. The number of alkyl halides is 3. The molecule has 112 valence electrons. The highest BCUT2D eigenvalue weighted by Gasteiger charge is 2.51. The minimum atomic E-state index is -4.95. The van der Waals surface area contributed by atoms with E-state index in [-0.39, 0.29) is 6.42 Å². The molecule has 0 saturated carbocycles. The first-order valence-corrected chi connectivity index (χ1v) is 5.60. The summed E-state index contributed by atoms with van der Waals surface area (Å²) in [6.45, 7) is 0. The van der Waals surface area contributed by atoms with Crippen molar-refractivity contribution in [3.63, 3.8) is 0 Å². The van der Waals surface area contributed by atoms with Gasteiger partial charge in [0, 0.05) is 18.7 Å². The predicted octanol–water partition coefficient (Wildman–Crippen LogP) is -0.892. The Morgan fingerprint density at radius 2 is 2.10 bits per heavy atom. The zero-order valence-electron chi connectivity index (χ0n) is 9.87. The molecule has 1 fully saturated rings. The fraction of sp³-hybridized carbons (Fsp3) is 0.600. The Morgan fingerprint density at radius 1 is 1.45 bits per heavy atom. The molecule has 7 nitrogen and oxygen atoms in total. The number of rotatable bonds is 2. The largest absolute Gasteiger partial charge is 0.417 e. The summed E-state index contributed by atoms with van der Waals surface area (Å²) in [4.78, 5) is 24.3. The molecule has 0 amide bonds. The number of ether oxygens (including phenoxy) is 1. The van der Waals surface area contributed by atoms with Crippen LogP contribution in [0.3, 0.4) is 0 Å². The van der Waals surface area contributed by atoms with Crippen molar-refractivity contribution < 1.29 is 28.1 Å². The van der Waals surface area contributed by atoms with Gasteiger partial charge >= 0.3 is 11.9 Å². The fourth-order valence-electron chi connectivity index (χ4n) is 1.97. The second-order valence-electron chi connectivity index (χ2n) is 4.36. The van der Waals surface area contributed by atoms with Crippen LogP contribution in [0.5, 0.6) is 0 Å². The number of hydrogen-bond acceptors (Lipinski definition) is 5. The third-order valence-electron chi connectivity index (χ3n) is 2.94. The van der Waals surface area contributed by atoms with E-state index in [4.69, 9.17) is 9.84 Å². The molecular weight excluding hydrogens is 285 g/mol. The molecule has 0 bridgehead atoms. The van der Waals surface area contributed by atoms with Crippen molar-refractivity contribution >= 4 is 0 Å². The van der Waals surface area contributed by atoms with Gasteiger partial charge in [-0.1, -0.05) is 0 Å². The normalized spacial score (nSPS) is 28.6. The van der Waals surface area contributed by atoms with Crippen molar-refractivity contribution in [2.75, 3.05) is 0 Å². The average molecular weight is 296 g/mol. The van der Waals surface area contributed by atoms with E-state index >= 15 is 0 Å². The number of aliphatic hydroxyl groups is 2. The van der Waals surface area contributed by atoms with Gasteiger partial charge in [-0.3, -0.25) is 14.3 Å². The highest BCUT2D eigenvalue weighted by atomic mass is 19.4. The molecule has 1 aliphatic rings. The van der Waals surface area contributed by atoms with Gasteiger partial charge in [0.2, 0.25) is 0 Å². The Balaban J connectivity index is 2.22. The first kappa shape index (κ1) is 14.8. The first-order chi connectivity index (χ1) is 9.20. The number of H-pyrrole nitrogens is 1. The van der Waals surface area contributed by atoms with Gasteiger partial charge in [-0.15, -0.1) is 0 Å². The summed E-state index contributed by atoms with van der Waals surface area (Å²) in [7, 11) is 0. The van der Waals surface area contributed by atoms with Crippen LogP contribution in [-0.4, -0.2) is 44.3 Å². The van der Waals surface area contributed by atoms with Gasteiger partial charge in [0.25, 0.3) is 5.56 Å². The van der Waals surface area contributed by atoms with Crippen LogP contribution in [0.15, 0.2) is 21.9 Å². The summed E-state index contributed by atoms with van der Waals surface area (Å²) in [5.41, 5.74) is -1.55. The van der Waals surface area contributed by atoms with E-state index in [9.17, 15) is 27.9 Å². The van der Waals surface area contributed by atoms with Crippen LogP contribution in [0.25, 0.3) is 0 Å². The molecule has 1 unspecified atom stereocenters. The number of aromatic amines is 1. The second-order valence-corrected chi connectivity index (χ2v) is 4.36. The Labute approximate surface area is 109 Å². The SMILES string of the molecule is O=c1ccn([C@H]2C[C@H](O)[C@@H](C(O)C(F)(F)F)O2)c(=O)[nH]1. The number of halogens is 3. The van der Waals surface area contributed by atoms with Gasteiger partial charge in [0.1, 0.15) is 12.3 Å². The van der Waals surface area contributed by atoms with Crippen LogP contribution in [0, 0.1) is 0 Å². The molecule has 1 aromatic rings. The molecule has 0 aromatic carbocycles. The molecule has 0 aliphatic carbocycles. The highest BCUT2D eigenvalue weighted by molar-refractivity contribution is 4.92. The molecule has 1 aromatic heterocycles. The van der Waals surface area contributed by atoms with Gasteiger partial charge in [-0.25, -0.2) is 4.79 Å². The smallest absolute Gasteiger partial charge is 0.390 e. The van der Waals surface area contributed by atoms with Crippen LogP contribution in [-0.2, 0) is 4.74 Å². The number of nitrogens with zero attached hydrogens (tertiary/aromatic N) is 1. The number of aromatic nitrogens is 2. The van der Waals surface area contributed by atoms with Gasteiger partial charge in [0.05, 0.1) is 6.10 Å². The van der Waals surface area contributed by atoms with Crippen LogP contribution in [0.1, 0.15) is 12.6 Å². The van der Waals surface area contributed by atoms with E-state index in [1.54, 1.807) is 0 Å². The maximum absolute atomic E-state index is 12.4. The second kappa shape index (κ2) is 5.04. The Bertz CT molecular complexity index is 596.